The summed E-state index contributed by atoms with van der Waals surface area (Å²) in [6.45, 7) is 1.09. The molecule has 2 aliphatic rings. The number of likely N-dealkylation sites (tertiary alicyclic amines) is 1. The van der Waals surface area contributed by atoms with E-state index in [0.29, 0.717) is 19.5 Å². The van der Waals surface area contributed by atoms with Crippen LogP contribution in [0.15, 0.2) is 54.6 Å². The summed E-state index contributed by atoms with van der Waals surface area (Å²) in [5, 5.41) is 3.20. The van der Waals surface area contributed by atoms with Crippen LogP contribution in [0.3, 0.4) is 0 Å². The highest BCUT2D eigenvalue weighted by Crippen LogP contribution is 2.30. The average molecular weight is 348 g/mol. The van der Waals surface area contributed by atoms with E-state index < -0.39 is 0 Å². The normalized spacial score (nSPS) is 22.2. The van der Waals surface area contributed by atoms with E-state index in [1.54, 1.807) is 4.90 Å². The highest BCUT2D eigenvalue weighted by Gasteiger charge is 2.35. The summed E-state index contributed by atoms with van der Waals surface area (Å²) in [6, 6.07) is 18.4. The van der Waals surface area contributed by atoms with E-state index in [1.807, 2.05) is 36.4 Å². The Morgan fingerprint density at radius 2 is 1.85 bits per heavy atom. The molecule has 1 N–H and O–H groups in total. The molecule has 1 aliphatic carbocycles. The van der Waals surface area contributed by atoms with Gasteiger partial charge in [0.15, 0.2) is 0 Å². The van der Waals surface area contributed by atoms with Crippen LogP contribution in [-0.4, -0.2) is 23.3 Å². The third-order valence-corrected chi connectivity index (χ3v) is 5.49. The van der Waals surface area contributed by atoms with Crippen molar-refractivity contribution in [3.8, 4) is 0 Å². The molecule has 2 amide bonds. The zero-order chi connectivity index (χ0) is 17.9. The molecule has 0 bridgehead atoms. The van der Waals surface area contributed by atoms with Gasteiger partial charge in [-0.05, 0) is 36.0 Å². The second-order valence-corrected chi connectivity index (χ2v) is 7.31. The van der Waals surface area contributed by atoms with Crippen molar-refractivity contribution in [1.29, 1.82) is 0 Å². The van der Waals surface area contributed by atoms with E-state index in [2.05, 4.69) is 23.5 Å². The standard InChI is InChI=1S/C22H24N2O2/c25-21-13-18(15-24(21)14-16-7-2-1-3-8-16)22(26)23-20-12-6-10-17-9-4-5-11-19(17)20/h1-5,7-9,11,18,20H,6,10,12-15H2,(H,23,26)/t18-,20-/m0/s1. The minimum Gasteiger partial charge on any atom is -0.349 e. The topological polar surface area (TPSA) is 49.4 Å². The molecule has 0 unspecified atom stereocenters. The number of hydrogen-bond donors (Lipinski definition) is 1. The fourth-order valence-corrected chi connectivity index (χ4v) is 4.10. The number of carbonyl (C=O) groups excluding carboxylic acids is 2. The van der Waals surface area contributed by atoms with Crippen molar-refractivity contribution < 1.29 is 9.59 Å². The summed E-state index contributed by atoms with van der Waals surface area (Å²) in [5.41, 5.74) is 3.66. The molecule has 0 saturated carbocycles. The van der Waals surface area contributed by atoms with Crippen LogP contribution in [0.2, 0.25) is 0 Å². The smallest absolute Gasteiger partial charge is 0.225 e. The Bertz CT molecular complexity index is 803. The lowest BCUT2D eigenvalue weighted by molar-refractivity contribution is -0.129. The quantitative estimate of drug-likeness (QED) is 0.922. The van der Waals surface area contributed by atoms with Crippen molar-refractivity contribution in [2.75, 3.05) is 6.54 Å². The zero-order valence-electron chi connectivity index (χ0n) is 14.9. The zero-order valence-corrected chi connectivity index (χ0v) is 14.9. The van der Waals surface area contributed by atoms with Gasteiger partial charge in [0.1, 0.15) is 0 Å². The van der Waals surface area contributed by atoms with Gasteiger partial charge in [-0.1, -0.05) is 54.6 Å². The number of carbonyl (C=O) groups is 2. The van der Waals surface area contributed by atoms with E-state index in [4.69, 9.17) is 0 Å². The molecule has 4 rings (SSSR count). The Labute approximate surface area is 154 Å². The molecule has 2 atom stereocenters. The molecular weight excluding hydrogens is 324 g/mol. The summed E-state index contributed by atoms with van der Waals surface area (Å²) in [5.74, 6) is -0.172. The lowest BCUT2D eigenvalue weighted by Crippen LogP contribution is -2.36. The van der Waals surface area contributed by atoms with Gasteiger partial charge in [0.05, 0.1) is 12.0 Å². The van der Waals surface area contributed by atoms with E-state index in [9.17, 15) is 9.59 Å². The van der Waals surface area contributed by atoms with Crippen molar-refractivity contribution in [2.45, 2.75) is 38.3 Å². The molecule has 1 fully saturated rings. The molecule has 2 aromatic carbocycles. The second kappa shape index (κ2) is 7.32. The van der Waals surface area contributed by atoms with Gasteiger partial charge in [-0.3, -0.25) is 9.59 Å². The molecule has 2 aromatic rings. The predicted octanol–water partition coefficient (Wildman–Crippen LogP) is 3.23. The molecule has 1 aliphatic heterocycles. The minimum atomic E-state index is -0.250. The van der Waals surface area contributed by atoms with Crippen LogP contribution >= 0.6 is 0 Å². The van der Waals surface area contributed by atoms with E-state index in [0.717, 1.165) is 24.8 Å². The fourth-order valence-electron chi connectivity index (χ4n) is 4.10. The minimum absolute atomic E-state index is 0.00983. The SMILES string of the molecule is O=C(N[C@H]1CCCc2ccccc21)[C@H]1CC(=O)N(Cc2ccccc2)C1. The van der Waals surface area contributed by atoms with E-state index in [1.165, 1.54) is 11.1 Å². The molecule has 1 heterocycles. The lowest BCUT2D eigenvalue weighted by atomic mass is 9.87. The first-order valence-corrected chi connectivity index (χ1v) is 9.40. The number of nitrogens with zero attached hydrogens (tertiary/aromatic N) is 1. The molecule has 0 radical (unpaired) electrons. The number of hydrogen-bond acceptors (Lipinski definition) is 2. The van der Waals surface area contributed by atoms with Gasteiger partial charge >= 0.3 is 0 Å². The van der Waals surface area contributed by atoms with Gasteiger partial charge < -0.3 is 10.2 Å². The van der Waals surface area contributed by atoms with Gasteiger partial charge in [-0.2, -0.15) is 0 Å². The Kier molecular flexibility index (Phi) is 4.74. The Balaban J connectivity index is 1.40. The van der Waals surface area contributed by atoms with Gasteiger partial charge in [0.2, 0.25) is 11.8 Å². The highest BCUT2D eigenvalue weighted by atomic mass is 16.2. The summed E-state index contributed by atoms with van der Waals surface area (Å²) in [6.07, 6.45) is 3.45. The monoisotopic (exact) mass is 348 g/mol. The Morgan fingerprint density at radius 3 is 2.69 bits per heavy atom. The number of amides is 2. The largest absolute Gasteiger partial charge is 0.349 e. The molecule has 0 spiro atoms. The number of fused-ring (bicyclic) bond motifs is 1. The maximum absolute atomic E-state index is 12.8. The third-order valence-electron chi connectivity index (χ3n) is 5.49. The first-order valence-electron chi connectivity index (χ1n) is 9.40. The van der Waals surface area contributed by atoms with Gasteiger partial charge in [0.25, 0.3) is 0 Å². The molecule has 134 valence electrons. The van der Waals surface area contributed by atoms with Crippen LogP contribution in [0.1, 0.15) is 42.0 Å². The van der Waals surface area contributed by atoms with Gasteiger partial charge in [-0.15, -0.1) is 0 Å². The van der Waals surface area contributed by atoms with Crippen LogP contribution in [-0.2, 0) is 22.6 Å². The maximum atomic E-state index is 12.8. The molecule has 1 saturated heterocycles. The van der Waals surface area contributed by atoms with Crippen molar-refractivity contribution in [3.63, 3.8) is 0 Å². The van der Waals surface area contributed by atoms with Crippen LogP contribution in [0.5, 0.6) is 0 Å². The first-order chi connectivity index (χ1) is 12.7. The number of aryl methyl sites for hydroxylation is 1. The second-order valence-electron chi connectivity index (χ2n) is 7.31. The molecule has 26 heavy (non-hydrogen) atoms. The Hall–Kier alpha value is -2.62. The molecular formula is C22H24N2O2. The van der Waals surface area contributed by atoms with Gasteiger partial charge in [0, 0.05) is 19.5 Å². The van der Waals surface area contributed by atoms with Crippen LogP contribution in [0.4, 0.5) is 0 Å². The third kappa shape index (κ3) is 3.50. The average Bonchev–Trinajstić information content (AvgIpc) is 3.03. The van der Waals surface area contributed by atoms with Crippen molar-refractivity contribution in [1.82, 2.24) is 10.2 Å². The van der Waals surface area contributed by atoms with Crippen molar-refractivity contribution in [2.24, 2.45) is 5.92 Å². The first kappa shape index (κ1) is 16.8. The number of rotatable bonds is 4. The predicted molar refractivity (Wildman–Crippen MR) is 100 cm³/mol. The fraction of sp³-hybridized carbons (Fsp3) is 0.364. The summed E-state index contributed by atoms with van der Waals surface area (Å²) >= 11 is 0. The molecule has 4 heteroatoms. The van der Waals surface area contributed by atoms with Crippen molar-refractivity contribution >= 4 is 11.8 Å². The summed E-state index contributed by atoms with van der Waals surface area (Å²) in [7, 11) is 0. The van der Waals surface area contributed by atoms with Crippen molar-refractivity contribution in [3.05, 3.63) is 71.3 Å². The highest BCUT2D eigenvalue weighted by molar-refractivity contribution is 5.89. The maximum Gasteiger partial charge on any atom is 0.225 e. The van der Waals surface area contributed by atoms with Crippen LogP contribution in [0, 0.1) is 5.92 Å². The van der Waals surface area contributed by atoms with Gasteiger partial charge in [-0.25, -0.2) is 0 Å². The molecule has 4 nitrogen and oxygen atoms in total. The van der Waals surface area contributed by atoms with E-state index >= 15 is 0 Å². The van der Waals surface area contributed by atoms with Crippen LogP contribution < -0.4 is 5.32 Å². The summed E-state index contributed by atoms with van der Waals surface area (Å²) in [4.78, 5) is 26.9. The lowest BCUT2D eigenvalue weighted by Gasteiger charge is -2.27. The molecule has 0 aromatic heterocycles. The number of nitrogens with one attached hydrogen (secondary N) is 1. The van der Waals surface area contributed by atoms with Crippen LogP contribution in [0.25, 0.3) is 0 Å². The van der Waals surface area contributed by atoms with E-state index in [-0.39, 0.29) is 23.8 Å². The number of benzene rings is 2. The Morgan fingerprint density at radius 1 is 1.08 bits per heavy atom. The summed E-state index contributed by atoms with van der Waals surface area (Å²) < 4.78 is 0.